The van der Waals surface area contributed by atoms with Gasteiger partial charge in [-0.1, -0.05) is 0 Å². The molecular formula is C20H30N6O3S. The first-order valence-corrected chi connectivity index (χ1v) is 12.3. The van der Waals surface area contributed by atoms with E-state index in [1.54, 1.807) is 0 Å². The van der Waals surface area contributed by atoms with Gasteiger partial charge < -0.3 is 15.3 Å². The molecule has 2 N–H and O–H groups in total. The fourth-order valence-corrected chi connectivity index (χ4v) is 5.03. The van der Waals surface area contributed by atoms with Crippen LogP contribution in [0.25, 0.3) is 10.9 Å². The second-order valence-corrected chi connectivity index (χ2v) is 10.8. The Labute approximate surface area is 177 Å². The molecule has 0 radical (unpaired) electrons. The number of nitrogens with zero attached hydrogens (tertiary/aromatic N) is 5. The summed E-state index contributed by atoms with van der Waals surface area (Å²) in [6, 6.07) is 2.11. The molecule has 0 saturated carbocycles. The number of sulfonamides is 1. The number of nitrogens with one attached hydrogen (secondary N) is 1. The van der Waals surface area contributed by atoms with Crippen LogP contribution in [0.4, 0.5) is 11.8 Å². The van der Waals surface area contributed by atoms with Gasteiger partial charge in [0.25, 0.3) is 0 Å². The third-order valence-corrected chi connectivity index (χ3v) is 7.37. The van der Waals surface area contributed by atoms with Crippen molar-refractivity contribution in [1.82, 2.24) is 19.3 Å². The summed E-state index contributed by atoms with van der Waals surface area (Å²) in [5, 5.41) is 14.6. The van der Waals surface area contributed by atoms with Gasteiger partial charge in [-0.25, -0.2) is 27.7 Å². The van der Waals surface area contributed by atoms with Crippen molar-refractivity contribution in [3.05, 3.63) is 18.0 Å². The number of fused-ring (bicyclic) bond motifs is 1. The van der Waals surface area contributed by atoms with Crippen molar-refractivity contribution in [2.24, 2.45) is 0 Å². The molecule has 0 bridgehead atoms. The molecule has 0 aromatic carbocycles. The van der Waals surface area contributed by atoms with E-state index in [2.05, 4.69) is 15.2 Å². The van der Waals surface area contributed by atoms with Crippen LogP contribution in [0.2, 0.25) is 0 Å². The number of aromatic nitrogens is 3. The number of rotatable bonds is 4. The van der Waals surface area contributed by atoms with Crippen LogP contribution in [0.5, 0.6) is 0 Å². The number of aryl methyl sites for hydroxylation is 1. The minimum Gasteiger partial charge on any atom is -0.390 e. The van der Waals surface area contributed by atoms with Crippen LogP contribution in [-0.2, 0) is 10.0 Å². The molecule has 2 fully saturated rings. The zero-order chi connectivity index (χ0) is 21.5. The molecule has 2 aliphatic rings. The molecule has 0 spiro atoms. The Bertz CT molecular complexity index is 1020. The second-order valence-electron chi connectivity index (χ2n) is 8.78. The van der Waals surface area contributed by atoms with Crippen LogP contribution >= 0.6 is 0 Å². The molecule has 0 amide bonds. The second kappa shape index (κ2) is 7.90. The summed E-state index contributed by atoms with van der Waals surface area (Å²) >= 11 is 0. The molecule has 10 heteroatoms. The highest BCUT2D eigenvalue weighted by Crippen LogP contribution is 2.30. The molecule has 2 aromatic rings. The molecule has 2 aromatic heterocycles. The first kappa shape index (κ1) is 21.2. The van der Waals surface area contributed by atoms with E-state index in [0.29, 0.717) is 44.7 Å². The Kier molecular flexibility index (Phi) is 5.58. The highest BCUT2D eigenvalue weighted by atomic mass is 32.2. The lowest BCUT2D eigenvalue weighted by Gasteiger charge is -2.36. The zero-order valence-corrected chi connectivity index (χ0v) is 18.6. The average molecular weight is 435 g/mol. The van der Waals surface area contributed by atoms with Gasteiger partial charge in [-0.15, -0.1) is 0 Å². The summed E-state index contributed by atoms with van der Waals surface area (Å²) < 4.78 is 24.9. The molecule has 9 nitrogen and oxygen atoms in total. The van der Waals surface area contributed by atoms with Gasteiger partial charge in [-0.2, -0.15) is 0 Å². The van der Waals surface area contributed by atoms with Crippen molar-refractivity contribution < 1.29 is 13.5 Å². The van der Waals surface area contributed by atoms with Gasteiger partial charge in [-0.3, -0.25) is 0 Å². The highest BCUT2D eigenvalue weighted by molar-refractivity contribution is 7.88. The summed E-state index contributed by atoms with van der Waals surface area (Å²) in [7, 11) is -3.14. The fourth-order valence-electron chi connectivity index (χ4n) is 4.16. The van der Waals surface area contributed by atoms with E-state index in [4.69, 9.17) is 9.97 Å². The molecule has 30 heavy (non-hydrogen) atoms. The topological polar surface area (TPSA) is 112 Å². The van der Waals surface area contributed by atoms with Crippen molar-refractivity contribution in [2.75, 3.05) is 42.7 Å². The van der Waals surface area contributed by atoms with Crippen LogP contribution in [-0.4, -0.2) is 76.9 Å². The third kappa shape index (κ3) is 4.65. The quantitative estimate of drug-likeness (QED) is 0.745. The predicted molar refractivity (Wildman–Crippen MR) is 117 cm³/mol. The van der Waals surface area contributed by atoms with E-state index in [1.807, 2.05) is 26.1 Å². The minimum atomic E-state index is -3.14. The van der Waals surface area contributed by atoms with Crippen molar-refractivity contribution >= 4 is 32.7 Å². The van der Waals surface area contributed by atoms with E-state index in [-0.39, 0.29) is 6.04 Å². The van der Waals surface area contributed by atoms with E-state index in [1.165, 1.54) is 10.6 Å². The number of aliphatic hydroxyl groups is 1. The molecule has 4 heterocycles. The zero-order valence-electron chi connectivity index (χ0n) is 17.8. The lowest BCUT2D eigenvalue weighted by molar-refractivity contribution is 0.0350. The van der Waals surface area contributed by atoms with Crippen LogP contribution in [0.3, 0.4) is 0 Å². The molecule has 2 saturated heterocycles. The lowest BCUT2D eigenvalue weighted by Crippen LogP contribution is -2.43. The van der Waals surface area contributed by atoms with Gasteiger partial charge in [-0.05, 0) is 45.6 Å². The third-order valence-electron chi connectivity index (χ3n) is 6.07. The molecule has 0 unspecified atom stereocenters. The maximum atomic E-state index is 11.7. The molecule has 2 aliphatic heterocycles. The number of hydrogen-bond donors (Lipinski definition) is 2. The number of anilines is 2. The van der Waals surface area contributed by atoms with E-state index >= 15 is 0 Å². The number of pyridine rings is 1. The molecule has 0 atom stereocenters. The predicted octanol–water partition coefficient (Wildman–Crippen LogP) is 1.52. The van der Waals surface area contributed by atoms with Crippen molar-refractivity contribution in [3.63, 3.8) is 0 Å². The van der Waals surface area contributed by atoms with Crippen LogP contribution in [0, 0.1) is 6.92 Å². The summed E-state index contributed by atoms with van der Waals surface area (Å²) in [6.07, 6.45) is 5.89. The Morgan fingerprint density at radius 3 is 2.47 bits per heavy atom. The first-order chi connectivity index (χ1) is 14.1. The molecule has 164 valence electrons. The summed E-state index contributed by atoms with van der Waals surface area (Å²) in [6.45, 7) is 6.31. The van der Waals surface area contributed by atoms with Gasteiger partial charge in [0.2, 0.25) is 16.0 Å². The molecule has 0 aliphatic carbocycles. The summed E-state index contributed by atoms with van der Waals surface area (Å²) in [5.74, 6) is 1.37. The molecular weight excluding hydrogens is 404 g/mol. The highest BCUT2D eigenvalue weighted by Gasteiger charge is 2.29. The van der Waals surface area contributed by atoms with E-state index < -0.39 is 15.6 Å². The number of hydrogen-bond acceptors (Lipinski definition) is 8. The largest absolute Gasteiger partial charge is 0.390 e. The Morgan fingerprint density at radius 2 is 1.83 bits per heavy atom. The first-order valence-electron chi connectivity index (χ1n) is 10.4. The fraction of sp³-hybridized carbons (Fsp3) is 0.650. The van der Waals surface area contributed by atoms with Gasteiger partial charge in [0, 0.05) is 49.5 Å². The van der Waals surface area contributed by atoms with E-state index in [9.17, 15) is 13.5 Å². The summed E-state index contributed by atoms with van der Waals surface area (Å²) in [5.41, 5.74) is 1.08. The van der Waals surface area contributed by atoms with Crippen molar-refractivity contribution in [1.29, 1.82) is 0 Å². The minimum absolute atomic E-state index is 0.132. The smallest absolute Gasteiger partial charge is 0.223 e. The Hall–Kier alpha value is -2.04. The maximum Gasteiger partial charge on any atom is 0.223 e. The number of piperidine rings is 2. The van der Waals surface area contributed by atoms with Crippen LogP contribution in [0.1, 0.15) is 38.3 Å². The standard InChI is InChI=1S/C20H30N6O3S/c1-14-12-15-13-21-19(23-16-4-8-26(9-5-16)30(3,28)29)24-17(15)18(22-14)25-10-6-20(2,27)7-11-25/h12-13,16,27H,4-11H2,1-3H3,(H,21,23,24). The summed E-state index contributed by atoms with van der Waals surface area (Å²) in [4.78, 5) is 16.2. The normalized spacial score (nSPS) is 21.1. The van der Waals surface area contributed by atoms with Crippen LogP contribution < -0.4 is 10.2 Å². The SMILES string of the molecule is Cc1cc2cnc(NC3CCN(S(C)(=O)=O)CC3)nc2c(N2CCC(C)(O)CC2)n1. The van der Waals surface area contributed by atoms with Crippen molar-refractivity contribution in [2.45, 2.75) is 51.2 Å². The van der Waals surface area contributed by atoms with E-state index in [0.717, 1.165) is 35.5 Å². The van der Waals surface area contributed by atoms with Crippen LogP contribution in [0.15, 0.2) is 12.3 Å². The average Bonchev–Trinajstić information content (AvgIpc) is 2.67. The molecule has 4 rings (SSSR count). The van der Waals surface area contributed by atoms with Crippen molar-refractivity contribution in [3.8, 4) is 0 Å². The lowest BCUT2D eigenvalue weighted by atomic mass is 9.94. The van der Waals surface area contributed by atoms with Gasteiger partial charge in [0.1, 0.15) is 5.52 Å². The Balaban J connectivity index is 1.54. The Morgan fingerprint density at radius 1 is 1.17 bits per heavy atom. The van der Waals surface area contributed by atoms with Gasteiger partial charge in [0.15, 0.2) is 5.82 Å². The van der Waals surface area contributed by atoms with Gasteiger partial charge >= 0.3 is 0 Å². The monoisotopic (exact) mass is 434 g/mol. The van der Waals surface area contributed by atoms with Gasteiger partial charge in [0.05, 0.1) is 11.9 Å². The maximum absolute atomic E-state index is 11.7.